The zero-order chi connectivity index (χ0) is 23.6. The molecule has 3 aromatic rings. The average molecular weight is 526 g/mol. The molecular formula is C25H24BrN3O3S. The lowest BCUT2D eigenvalue weighted by Gasteiger charge is -2.14. The van der Waals surface area contributed by atoms with Gasteiger partial charge in [0.25, 0.3) is 11.8 Å². The molecule has 0 aliphatic rings. The van der Waals surface area contributed by atoms with Gasteiger partial charge in [0.2, 0.25) is 0 Å². The lowest BCUT2D eigenvalue weighted by molar-refractivity contribution is 0.0952. The van der Waals surface area contributed by atoms with Crippen LogP contribution < -0.4 is 20.7 Å². The van der Waals surface area contributed by atoms with Crippen LogP contribution in [0.2, 0.25) is 0 Å². The molecule has 170 valence electrons. The maximum Gasteiger partial charge on any atom is 0.261 e. The number of halogens is 1. The summed E-state index contributed by atoms with van der Waals surface area (Å²) < 4.78 is 6.64. The van der Waals surface area contributed by atoms with Gasteiger partial charge < -0.3 is 15.4 Å². The van der Waals surface area contributed by atoms with E-state index in [9.17, 15) is 9.59 Å². The first-order valence-corrected chi connectivity index (χ1v) is 11.6. The van der Waals surface area contributed by atoms with Crippen LogP contribution in [-0.4, -0.2) is 30.1 Å². The Morgan fingerprint density at radius 3 is 2.52 bits per heavy atom. The van der Waals surface area contributed by atoms with Gasteiger partial charge in [0.1, 0.15) is 5.75 Å². The summed E-state index contributed by atoms with van der Waals surface area (Å²) in [5.41, 5.74) is 2.60. The van der Waals surface area contributed by atoms with Gasteiger partial charge in [0.05, 0.1) is 12.2 Å². The topological polar surface area (TPSA) is 79.5 Å². The molecule has 3 N–H and O–H groups in total. The number of anilines is 1. The van der Waals surface area contributed by atoms with Crippen LogP contribution in [0.15, 0.2) is 77.3 Å². The highest BCUT2D eigenvalue weighted by molar-refractivity contribution is 9.10. The summed E-state index contributed by atoms with van der Waals surface area (Å²) in [6.07, 6.45) is 0.722. The second-order valence-corrected chi connectivity index (χ2v) is 8.40. The quantitative estimate of drug-likeness (QED) is 0.362. The van der Waals surface area contributed by atoms with E-state index in [1.165, 1.54) is 0 Å². The first-order chi connectivity index (χ1) is 16.0. The van der Waals surface area contributed by atoms with E-state index in [-0.39, 0.29) is 11.0 Å². The van der Waals surface area contributed by atoms with E-state index in [4.69, 9.17) is 17.0 Å². The molecular weight excluding hydrogens is 502 g/mol. The van der Waals surface area contributed by atoms with E-state index in [1.54, 1.807) is 36.4 Å². The van der Waals surface area contributed by atoms with Crippen LogP contribution in [0.1, 0.15) is 33.2 Å². The van der Waals surface area contributed by atoms with Crippen molar-refractivity contribution in [3.8, 4) is 5.75 Å². The van der Waals surface area contributed by atoms with Crippen molar-refractivity contribution < 1.29 is 14.3 Å². The van der Waals surface area contributed by atoms with E-state index in [0.29, 0.717) is 35.7 Å². The lowest BCUT2D eigenvalue weighted by Crippen LogP contribution is -2.34. The Labute approximate surface area is 206 Å². The molecule has 0 saturated heterocycles. The molecule has 0 fully saturated rings. The smallest absolute Gasteiger partial charge is 0.261 e. The second kappa shape index (κ2) is 12.1. The van der Waals surface area contributed by atoms with Crippen LogP contribution in [0.4, 0.5) is 5.69 Å². The molecule has 0 heterocycles. The van der Waals surface area contributed by atoms with Crippen molar-refractivity contribution in [3.05, 3.63) is 94.0 Å². The molecule has 3 aromatic carbocycles. The zero-order valence-corrected chi connectivity index (χ0v) is 20.5. The van der Waals surface area contributed by atoms with Crippen molar-refractivity contribution in [2.45, 2.75) is 13.3 Å². The van der Waals surface area contributed by atoms with Crippen molar-refractivity contribution in [2.75, 3.05) is 18.5 Å². The fraction of sp³-hybridized carbons (Fsp3) is 0.160. The molecule has 0 aliphatic heterocycles. The Bertz CT molecular complexity index is 1140. The summed E-state index contributed by atoms with van der Waals surface area (Å²) in [4.78, 5) is 24.9. The second-order valence-electron chi connectivity index (χ2n) is 7.07. The Morgan fingerprint density at radius 2 is 1.76 bits per heavy atom. The third kappa shape index (κ3) is 7.40. The molecule has 0 spiro atoms. The summed E-state index contributed by atoms with van der Waals surface area (Å²) in [6, 6.07) is 22.1. The fourth-order valence-corrected chi connectivity index (χ4v) is 3.63. The molecule has 0 bridgehead atoms. The summed E-state index contributed by atoms with van der Waals surface area (Å²) in [5, 5.41) is 8.48. The molecule has 33 heavy (non-hydrogen) atoms. The number of hydrogen-bond acceptors (Lipinski definition) is 4. The SMILES string of the molecule is CCNC(=O)c1cccc(NC(=S)NC(=O)c2cc(Br)ccc2OCCc2ccccc2)c1. The Balaban J connectivity index is 1.63. The Hall–Kier alpha value is -3.23. The number of benzene rings is 3. The Kier molecular flexibility index (Phi) is 8.97. The number of carbonyl (C=O) groups excluding carboxylic acids is 2. The van der Waals surface area contributed by atoms with Crippen LogP contribution in [0.25, 0.3) is 0 Å². The van der Waals surface area contributed by atoms with E-state index < -0.39 is 5.91 Å². The molecule has 0 aliphatic carbocycles. The number of thiocarbonyl (C=S) groups is 1. The Morgan fingerprint density at radius 1 is 0.970 bits per heavy atom. The normalized spacial score (nSPS) is 10.2. The van der Waals surface area contributed by atoms with Crippen LogP contribution in [-0.2, 0) is 6.42 Å². The summed E-state index contributed by atoms with van der Waals surface area (Å²) in [5.74, 6) is -0.112. The first kappa shape index (κ1) is 24.4. The molecule has 6 nitrogen and oxygen atoms in total. The number of amides is 2. The number of nitrogens with one attached hydrogen (secondary N) is 3. The highest BCUT2D eigenvalue weighted by Crippen LogP contribution is 2.24. The predicted octanol–water partition coefficient (Wildman–Crippen LogP) is 4.95. The van der Waals surface area contributed by atoms with Gasteiger partial charge >= 0.3 is 0 Å². The molecule has 0 radical (unpaired) electrons. The van der Waals surface area contributed by atoms with Gasteiger partial charge in [-0.05, 0) is 61.1 Å². The van der Waals surface area contributed by atoms with Crippen molar-refractivity contribution in [1.29, 1.82) is 0 Å². The summed E-state index contributed by atoms with van der Waals surface area (Å²) >= 11 is 8.71. The van der Waals surface area contributed by atoms with Crippen LogP contribution in [0, 0.1) is 0 Å². The van der Waals surface area contributed by atoms with E-state index >= 15 is 0 Å². The summed E-state index contributed by atoms with van der Waals surface area (Å²) in [7, 11) is 0. The van der Waals surface area contributed by atoms with Gasteiger partial charge in [-0.25, -0.2) is 0 Å². The summed E-state index contributed by atoms with van der Waals surface area (Å²) in [6.45, 7) is 2.82. The van der Waals surface area contributed by atoms with Crippen molar-refractivity contribution in [1.82, 2.24) is 10.6 Å². The zero-order valence-electron chi connectivity index (χ0n) is 18.1. The first-order valence-electron chi connectivity index (χ1n) is 10.4. The van der Waals surface area contributed by atoms with E-state index in [1.807, 2.05) is 43.3 Å². The molecule has 0 unspecified atom stereocenters. The van der Waals surface area contributed by atoms with Gasteiger partial charge in [0.15, 0.2) is 5.11 Å². The van der Waals surface area contributed by atoms with Gasteiger partial charge in [-0.2, -0.15) is 0 Å². The molecule has 8 heteroatoms. The molecule has 0 saturated carbocycles. The van der Waals surface area contributed by atoms with Crippen LogP contribution >= 0.6 is 28.1 Å². The highest BCUT2D eigenvalue weighted by Gasteiger charge is 2.15. The van der Waals surface area contributed by atoms with Crippen molar-refractivity contribution in [2.24, 2.45) is 0 Å². The molecule has 3 rings (SSSR count). The van der Waals surface area contributed by atoms with Gasteiger partial charge in [-0.15, -0.1) is 0 Å². The third-order valence-corrected chi connectivity index (χ3v) is 5.32. The minimum Gasteiger partial charge on any atom is -0.492 e. The monoisotopic (exact) mass is 525 g/mol. The number of rotatable bonds is 8. The number of ether oxygens (including phenoxy) is 1. The van der Waals surface area contributed by atoms with Crippen LogP contribution in [0.3, 0.4) is 0 Å². The van der Waals surface area contributed by atoms with Crippen molar-refractivity contribution in [3.63, 3.8) is 0 Å². The van der Waals surface area contributed by atoms with Gasteiger partial charge in [-0.1, -0.05) is 52.3 Å². The maximum atomic E-state index is 12.9. The maximum absolute atomic E-state index is 12.9. The minimum atomic E-state index is -0.400. The molecule has 0 aromatic heterocycles. The van der Waals surface area contributed by atoms with Crippen molar-refractivity contribution >= 4 is 50.8 Å². The van der Waals surface area contributed by atoms with Gasteiger partial charge in [0, 0.05) is 28.7 Å². The predicted molar refractivity (Wildman–Crippen MR) is 138 cm³/mol. The lowest BCUT2D eigenvalue weighted by atomic mass is 10.1. The number of hydrogen-bond donors (Lipinski definition) is 3. The fourth-order valence-electron chi connectivity index (χ4n) is 3.06. The molecule has 2 amide bonds. The molecule has 0 atom stereocenters. The van der Waals surface area contributed by atoms with Gasteiger partial charge in [-0.3, -0.25) is 14.9 Å². The highest BCUT2D eigenvalue weighted by atomic mass is 79.9. The number of carbonyl (C=O) groups is 2. The van der Waals surface area contributed by atoms with Crippen LogP contribution in [0.5, 0.6) is 5.75 Å². The average Bonchev–Trinajstić information content (AvgIpc) is 2.81. The third-order valence-electron chi connectivity index (χ3n) is 4.62. The van der Waals surface area contributed by atoms with E-state index in [2.05, 4.69) is 31.9 Å². The largest absolute Gasteiger partial charge is 0.492 e. The standard InChI is InChI=1S/C25H24BrN3O3S/c1-2-27-23(30)18-9-6-10-20(15-18)28-25(33)29-24(31)21-16-19(26)11-12-22(21)32-14-13-17-7-4-3-5-8-17/h3-12,15-16H,2,13-14H2,1H3,(H,27,30)(H2,28,29,31,33). The minimum absolute atomic E-state index is 0.114. The van der Waals surface area contributed by atoms with E-state index in [0.717, 1.165) is 16.5 Å².